The van der Waals surface area contributed by atoms with Gasteiger partial charge in [-0.25, -0.2) is 0 Å². The Bertz CT molecular complexity index is 336. The third-order valence-corrected chi connectivity index (χ3v) is 3.14. The minimum Gasteiger partial charge on any atom is -0.481 e. The molecule has 0 atom stereocenters. The first kappa shape index (κ1) is 9.50. The van der Waals surface area contributed by atoms with Gasteiger partial charge in [-0.05, 0) is 38.1 Å². The second-order valence-electron chi connectivity index (χ2n) is 3.30. The summed E-state index contributed by atoms with van der Waals surface area (Å²) in [4.78, 5) is 0.717. The normalized spacial score (nSPS) is 17.6. The van der Waals surface area contributed by atoms with Crippen molar-refractivity contribution in [1.82, 2.24) is 5.32 Å². The van der Waals surface area contributed by atoms with Crippen LogP contribution in [0.15, 0.2) is 12.1 Å². The highest BCUT2D eigenvalue weighted by Crippen LogP contribution is 2.26. The zero-order valence-corrected chi connectivity index (χ0v) is 8.64. The highest BCUT2D eigenvalue weighted by molar-refractivity contribution is 7.14. The molecular formula is C10H12N2OS. The smallest absolute Gasteiger partial charge is 0.175 e. The molecule has 1 aliphatic heterocycles. The summed E-state index contributed by atoms with van der Waals surface area (Å²) in [5.41, 5.74) is 0. The summed E-state index contributed by atoms with van der Waals surface area (Å²) in [5, 5.41) is 12.8. The molecule has 1 aromatic heterocycles. The number of nitriles is 1. The Hall–Kier alpha value is -1.05. The van der Waals surface area contributed by atoms with Crippen LogP contribution in [0.3, 0.4) is 0 Å². The Balaban J connectivity index is 1.93. The zero-order chi connectivity index (χ0) is 9.80. The summed E-state index contributed by atoms with van der Waals surface area (Å²) >= 11 is 1.42. The van der Waals surface area contributed by atoms with Crippen LogP contribution in [0.25, 0.3) is 0 Å². The molecule has 0 radical (unpaired) electrons. The van der Waals surface area contributed by atoms with Crippen LogP contribution < -0.4 is 10.1 Å². The first-order valence-electron chi connectivity index (χ1n) is 4.76. The van der Waals surface area contributed by atoms with Crippen LogP contribution in [0, 0.1) is 11.3 Å². The quantitative estimate of drug-likeness (QED) is 0.805. The van der Waals surface area contributed by atoms with E-state index in [2.05, 4.69) is 11.4 Å². The van der Waals surface area contributed by atoms with Crippen molar-refractivity contribution in [2.45, 2.75) is 18.9 Å². The molecule has 2 heterocycles. The van der Waals surface area contributed by atoms with Crippen LogP contribution in [0.5, 0.6) is 5.06 Å². The van der Waals surface area contributed by atoms with Crippen molar-refractivity contribution < 1.29 is 4.74 Å². The molecule has 2 rings (SSSR count). The number of rotatable bonds is 2. The molecule has 0 saturated carbocycles. The molecule has 0 spiro atoms. The summed E-state index contributed by atoms with van der Waals surface area (Å²) in [7, 11) is 0. The first-order valence-corrected chi connectivity index (χ1v) is 5.57. The van der Waals surface area contributed by atoms with Crippen LogP contribution in [-0.2, 0) is 0 Å². The SMILES string of the molecule is N#Cc1ccc(OC2CCNCC2)s1. The maximum absolute atomic E-state index is 8.65. The lowest BCUT2D eigenvalue weighted by atomic mass is 10.1. The fraction of sp³-hybridized carbons (Fsp3) is 0.500. The Kier molecular flexibility index (Phi) is 3.02. The van der Waals surface area contributed by atoms with Gasteiger partial charge in [-0.1, -0.05) is 11.3 Å². The van der Waals surface area contributed by atoms with E-state index in [1.807, 2.05) is 6.07 Å². The standard InChI is InChI=1S/C10H12N2OS/c11-7-9-1-2-10(14-9)13-8-3-5-12-6-4-8/h1-2,8,12H,3-6H2. The maximum atomic E-state index is 8.65. The lowest BCUT2D eigenvalue weighted by molar-refractivity contribution is 0.168. The van der Waals surface area contributed by atoms with E-state index in [0.29, 0.717) is 11.0 Å². The van der Waals surface area contributed by atoms with Crippen molar-refractivity contribution in [3.05, 3.63) is 17.0 Å². The van der Waals surface area contributed by atoms with Crippen molar-refractivity contribution in [1.29, 1.82) is 5.26 Å². The van der Waals surface area contributed by atoms with Gasteiger partial charge >= 0.3 is 0 Å². The van der Waals surface area contributed by atoms with Gasteiger partial charge in [0.05, 0.1) is 0 Å². The topological polar surface area (TPSA) is 45.0 Å². The Morgan fingerprint density at radius 2 is 2.21 bits per heavy atom. The molecule has 0 bridgehead atoms. The average molecular weight is 208 g/mol. The molecule has 0 aromatic carbocycles. The maximum Gasteiger partial charge on any atom is 0.175 e. The predicted molar refractivity (Wildman–Crippen MR) is 55.6 cm³/mol. The van der Waals surface area contributed by atoms with Gasteiger partial charge in [0.25, 0.3) is 0 Å². The molecule has 1 saturated heterocycles. The lowest BCUT2D eigenvalue weighted by Gasteiger charge is -2.22. The van der Waals surface area contributed by atoms with Crippen molar-refractivity contribution >= 4 is 11.3 Å². The Morgan fingerprint density at radius 1 is 1.43 bits per heavy atom. The van der Waals surface area contributed by atoms with Crippen LogP contribution in [-0.4, -0.2) is 19.2 Å². The molecule has 14 heavy (non-hydrogen) atoms. The third kappa shape index (κ3) is 2.25. The van der Waals surface area contributed by atoms with Crippen LogP contribution in [0.1, 0.15) is 17.7 Å². The number of ether oxygens (including phenoxy) is 1. The fourth-order valence-corrected chi connectivity index (χ4v) is 2.24. The highest BCUT2D eigenvalue weighted by atomic mass is 32.1. The van der Waals surface area contributed by atoms with Gasteiger partial charge in [0.15, 0.2) is 5.06 Å². The van der Waals surface area contributed by atoms with Gasteiger partial charge < -0.3 is 10.1 Å². The molecule has 0 amide bonds. The van der Waals surface area contributed by atoms with Crippen LogP contribution in [0.2, 0.25) is 0 Å². The van der Waals surface area contributed by atoms with E-state index >= 15 is 0 Å². The third-order valence-electron chi connectivity index (χ3n) is 2.26. The van der Waals surface area contributed by atoms with E-state index in [4.69, 9.17) is 10.00 Å². The van der Waals surface area contributed by atoms with E-state index in [9.17, 15) is 0 Å². The van der Waals surface area contributed by atoms with Gasteiger partial charge in [-0.3, -0.25) is 0 Å². The molecule has 1 N–H and O–H groups in total. The summed E-state index contributed by atoms with van der Waals surface area (Å²) in [6, 6.07) is 5.80. The molecular weight excluding hydrogens is 196 g/mol. The van der Waals surface area contributed by atoms with E-state index in [1.54, 1.807) is 6.07 Å². The molecule has 1 fully saturated rings. The van der Waals surface area contributed by atoms with Crippen LogP contribution in [0.4, 0.5) is 0 Å². The Morgan fingerprint density at radius 3 is 2.86 bits per heavy atom. The fourth-order valence-electron chi connectivity index (χ4n) is 1.52. The van der Waals surface area contributed by atoms with Crippen molar-refractivity contribution in [3.8, 4) is 11.1 Å². The van der Waals surface area contributed by atoms with Crippen molar-refractivity contribution in [2.24, 2.45) is 0 Å². The number of piperidine rings is 1. The summed E-state index contributed by atoms with van der Waals surface area (Å²) in [6.45, 7) is 2.06. The van der Waals surface area contributed by atoms with Crippen molar-refractivity contribution in [2.75, 3.05) is 13.1 Å². The monoisotopic (exact) mass is 208 g/mol. The number of nitrogens with zero attached hydrogens (tertiary/aromatic N) is 1. The zero-order valence-electron chi connectivity index (χ0n) is 7.82. The summed E-state index contributed by atoms with van der Waals surface area (Å²) in [6.07, 6.45) is 2.43. The largest absolute Gasteiger partial charge is 0.481 e. The second kappa shape index (κ2) is 4.45. The minimum atomic E-state index is 0.321. The number of hydrogen-bond donors (Lipinski definition) is 1. The molecule has 74 valence electrons. The number of nitrogens with one attached hydrogen (secondary N) is 1. The molecule has 3 nitrogen and oxygen atoms in total. The summed E-state index contributed by atoms with van der Waals surface area (Å²) in [5.74, 6) is 0. The van der Waals surface area contributed by atoms with Gasteiger partial charge in [-0.15, -0.1) is 0 Å². The van der Waals surface area contributed by atoms with Gasteiger partial charge in [0.2, 0.25) is 0 Å². The number of hydrogen-bond acceptors (Lipinski definition) is 4. The minimum absolute atomic E-state index is 0.321. The predicted octanol–water partition coefficient (Wildman–Crippen LogP) is 1.75. The van der Waals surface area contributed by atoms with Gasteiger partial charge in [0, 0.05) is 0 Å². The van der Waals surface area contributed by atoms with E-state index in [-0.39, 0.29) is 0 Å². The molecule has 0 unspecified atom stereocenters. The molecule has 0 aliphatic carbocycles. The van der Waals surface area contributed by atoms with Gasteiger partial charge in [-0.2, -0.15) is 5.26 Å². The van der Waals surface area contributed by atoms with E-state index < -0.39 is 0 Å². The lowest BCUT2D eigenvalue weighted by Crippen LogP contribution is -2.33. The van der Waals surface area contributed by atoms with Gasteiger partial charge in [0.1, 0.15) is 17.1 Å². The highest BCUT2D eigenvalue weighted by Gasteiger charge is 2.15. The average Bonchev–Trinajstić information content (AvgIpc) is 2.67. The molecule has 1 aromatic rings. The summed E-state index contributed by atoms with van der Waals surface area (Å²) < 4.78 is 5.77. The van der Waals surface area contributed by atoms with E-state index in [1.165, 1.54) is 11.3 Å². The Labute approximate surface area is 87.3 Å². The molecule has 1 aliphatic rings. The number of thiophene rings is 1. The first-order chi connectivity index (χ1) is 6.88. The van der Waals surface area contributed by atoms with Crippen LogP contribution >= 0.6 is 11.3 Å². The van der Waals surface area contributed by atoms with E-state index in [0.717, 1.165) is 31.0 Å². The second-order valence-corrected chi connectivity index (χ2v) is 4.34. The molecule has 4 heteroatoms. The van der Waals surface area contributed by atoms with Crippen molar-refractivity contribution in [3.63, 3.8) is 0 Å².